The van der Waals surface area contributed by atoms with E-state index in [1.54, 1.807) is 0 Å². The van der Waals surface area contributed by atoms with Crippen LogP contribution in [0.2, 0.25) is 0 Å². The smallest absolute Gasteiger partial charge is 0.225 e. The summed E-state index contributed by atoms with van der Waals surface area (Å²) in [6.45, 7) is 12.0. The maximum atomic E-state index is 12.8. The summed E-state index contributed by atoms with van der Waals surface area (Å²) >= 11 is 0. The van der Waals surface area contributed by atoms with Gasteiger partial charge >= 0.3 is 0 Å². The van der Waals surface area contributed by atoms with Gasteiger partial charge in [0.25, 0.3) is 0 Å². The van der Waals surface area contributed by atoms with Gasteiger partial charge in [0.05, 0.1) is 30.1 Å². The normalized spacial score (nSPS) is 12.5. The van der Waals surface area contributed by atoms with Crippen molar-refractivity contribution in [1.29, 1.82) is 0 Å². The molecule has 0 aliphatic heterocycles. The van der Waals surface area contributed by atoms with Gasteiger partial charge in [-0.05, 0) is 66.6 Å². The largest absolute Gasteiger partial charge is 0.494 e. The summed E-state index contributed by atoms with van der Waals surface area (Å²) in [4.78, 5) is 17.7. The number of para-hydroxylation sites is 2. The number of aryl methyl sites for hydroxylation is 2. The molecule has 0 saturated carbocycles. The number of aromatic nitrogens is 2. The number of imidazole rings is 1. The molecule has 1 amide bonds. The van der Waals surface area contributed by atoms with Crippen molar-refractivity contribution in [1.82, 2.24) is 14.9 Å². The molecule has 0 aliphatic rings. The molecule has 0 radical (unpaired) electrons. The van der Waals surface area contributed by atoms with Gasteiger partial charge in [-0.15, -0.1) is 0 Å². The van der Waals surface area contributed by atoms with Crippen LogP contribution in [-0.4, -0.2) is 22.1 Å². The molecule has 0 aliphatic carbocycles. The molecule has 0 spiro atoms. The number of nitrogens with zero attached hydrogens (tertiary/aromatic N) is 2. The van der Waals surface area contributed by atoms with Crippen molar-refractivity contribution in [2.45, 2.75) is 65.5 Å². The van der Waals surface area contributed by atoms with E-state index in [1.807, 2.05) is 68.4 Å². The minimum absolute atomic E-state index is 0.00237. The van der Waals surface area contributed by atoms with Gasteiger partial charge in [0.2, 0.25) is 5.91 Å². The number of carbonyl (C=O) groups is 1. The highest BCUT2D eigenvalue weighted by molar-refractivity contribution is 5.80. The number of amides is 1. The van der Waals surface area contributed by atoms with E-state index in [2.05, 4.69) is 48.9 Å². The summed E-state index contributed by atoms with van der Waals surface area (Å²) in [6.07, 6.45) is 1.19. The van der Waals surface area contributed by atoms with Crippen molar-refractivity contribution >= 4 is 16.9 Å². The second-order valence-corrected chi connectivity index (χ2v) is 10.5. The van der Waals surface area contributed by atoms with E-state index in [0.717, 1.165) is 46.7 Å². The van der Waals surface area contributed by atoms with Crippen molar-refractivity contribution in [3.8, 4) is 5.75 Å². The number of hydrogen-bond acceptors (Lipinski definition) is 3. The highest BCUT2D eigenvalue weighted by Gasteiger charge is 2.19. The van der Waals surface area contributed by atoms with Crippen LogP contribution >= 0.6 is 0 Å². The van der Waals surface area contributed by atoms with Crippen LogP contribution in [0.5, 0.6) is 5.75 Å². The molecule has 188 valence electrons. The van der Waals surface area contributed by atoms with Gasteiger partial charge in [-0.3, -0.25) is 4.79 Å². The van der Waals surface area contributed by atoms with Crippen LogP contribution in [0.1, 0.15) is 62.7 Å². The molecular weight excluding hydrogens is 446 g/mol. The first-order valence-electron chi connectivity index (χ1n) is 12.7. The molecule has 5 heteroatoms. The second-order valence-electron chi connectivity index (χ2n) is 10.5. The molecule has 36 heavy (non-hydrogen) atoms. The van der Waals surface area contributed by atoms with Gasteiger partial charge in [-0.2, -0.15) is 0 Å². The van der Waals surface area contributed by atoms with Gasteiger partial charge < -0.3 is 14.6 Å². The van der Waals surface area contributed by atoms with Gasteiger partial charge in [0.1, 0.15) is 11.6 Å². The van der Waals surface area contributed by atoms with Crippen molar-refractivity contribution in [3.63, 3.8) is 0 Å². The molecule has 4 aromatic rings. The molecule has 0 fully saturated rings. The lowest BCUT2D eigenvalue weighted by molar-refractivity contribution is -0.121. The fourth-order valence-corrected chi connectivity index (χ4v) is 4.46. The summed E-state index contributed by atoms with van der Waals surface area (Å²) in [6, 6.07) is 24.3. The zero-order chi connectivity index (χ0) is 25.7. The van der Waals surface area contributed by atoms with E-state index >= 15 is 0 Å². The Morgan fingerprint density at radius 1 is 1.00 bits per heavy atom. The maximum Gasteiger partial charge on any atom is 0.225 e. The first kappa shape index (κ1) is 25.5. The molecule has 5 nitrogen and oxygen atoms in total. The van der Waals surface area contributed by atoms with E-state index in [0.29, 0.717) is 13.0 Å². The number of fused-ring (bicyclic) bond motifs is 1. The lowest BCUT2D eigenvalue weighted by atomic mass is 9.87. The predicted octanol–water partition coefficient (Wildman–Crippen LogP) is 6.53. The third kappa shape index (κ3) is 6.14. The van der Waals surface area contributed by atoms with Crippen LogP contribution in [0.4, 0.5) is 0 Å². The SMILES string of the molecule is Cc1ccccc1CC(=O)NC(C)c1nc2ccccc2n1CCCOc1ccc(C(C)(C)C)cc1. The van der Waals surface area contributed by atoms with Gasteiger partial charge in [-0.25, -0.2) is 4.98 Å². The fraction of sp³-hybridized carbons (Fsp3) is 0.355. The first-order chi connectivity index (χ1) is 17.2. The molecule has 1 aromatic heterocycles. The monoisotopic (exact) mass is 483 g/mol. The predicted molar refractivity (Wildman–Crippen MR) is 146 cm³/mol. The highest BCUT2D eigenvalue weighted by Crippen LogP contribution is 2.25. The first-order valence-corrected chi connectivity index (χ1v) is 12.7. The minimum atomic E-state index is -0.209. The van der Waals surface area contributed by atoms with Crippen LogP contribution in [-0.2, 0) is 23.2 Å². The van der Waals surface area contributed by atoms with Crippen LogP contribution < -0.4 is 10.1 Å². The maximum absolute atomic E-state index is 12.8. The average molecular weight is 484 g/mol. The Labute approximate surface area is 214 Å². The summed E-state index contributed by atoms with van der Waals surface area (Å²) in [5.41, 5.74) is 5.60. The molecule has 1 atom stereocenters. The van der Waals surface area contributed by atoms with Crippen molar-refractivity contribution in [2.24, 2.45) is 0 Å². The topological polar surface area (TPSA) is 56.2 Å². The van der Waals surface area contributed by atoms with Gasteiger partial charge in [0.15, 0.2) is 0 Å². The Morgan fingerprint density at radius 3 is 2.42 bits per heavy atom. The summed E-state index contributed by atoms with van der Waals surface area (Å²) in [5, 5.41) is 3.15. The van der Waals surface area contributed by atoms with Gasteiger partial charge in [0, 0.05) is 6.54 Å². The number of benzene rings is 3. The zero-order valence-electron chi connectivity index (χ0n) is 22.0. The lowest BCUT2D eigenvalue weighted by Crippen LogP contribution is -2.30. The van der Waals surface area contributed by atoms with Crippen LogP contribution in [0.15, 0.2) is 72.8 Å². The second kappa shape index (κ2) is 11.0. The van der Waals surface area contributed by atoms with Crippen molar-refractivity contribution in [3.05, 3.63) is 95.3 Å². The zero-order valence-corrected chi connectivity index (χ0v) is 22.0. The molecule has 4 rings (SSSR count). The Balaban J connectivity index is 1.41. The fourth-order valence-electron chi connectivity index (χ4n) is 4.46. The van der Waals surface area contributed by atoms with Crippen molar-refractivity contribution < 1.29 is 9.53 Å². The summed E-state index contributed by atoms with van der Waals surface area (Å²) < 4.78 is 8.23. The Morgan fingerprint density at radius 2 is 1.69 bits per heavy atom. The molecule has 1 N–H and O–H groups in total. The van der Waals surface area contributed by atoms with E-state index in [-0.39, 0.29) is 17.4 Å². The molecule has 3 aromatic carbocycles. The molecule has 1 unspecified atom stereocenters. The number of hydrogen-bond donors (Lipinski definition) is 1. The third-order valence-corrected chi connectivity index (χ3v) is 6.58. The highest BCUT2D eigenvalue weighted by atomic mass is 16.5. The van der Waals surface area contributed by atoms with Crippen LogP contribution in [0.25, 0.3) is 11.0 Å². The van der Waals surface area contributed by atoms with Crippen molar-refractivity contribution in [2.75, 3.05) is 6.61 Å². The number of carbonyl (C=O) groups excluding carboxylic acids is 1. The van der Waals surface area contributed by atoms with Gasteiger partial charge in [-0.1, -0.05) is 69.3 Å². The number of ether oxygens (including phenoxy) is 1. The van der Waals surface area contributed by atoms with E-state index in [4.69, 9.17) is 9.72 Å². The molecule has 1 heterocycles. The van der Waals surface area contributed by atoms with Crippen LogP contribution in [0, 0.1) is 6.92 Å². The standard InChI is InChI=1S/C31H37N3O2/c1-22-11-6-7-12-24(22)21-29(35)32-23(2)30-33-27-13-8-9-14-28(27)34(30)19-10-20-36-26-17-15-25(16-18-26)31(3,4)5/h6-9,11-18,23H,10,19-21H2,1-5H3,(H,32,35). The average Bonchev–Trinajstić information content (AvgIpc) is 3.22. The number of nitrogens with one attached hydrogen (secondary N) is 1. The minimum Gasteiger partial charge on any atom is -0.494 e. The summed E-state index contributed by atoms with van der Waals surface area (Å²) in [5.74, 6) is 1.75. The Hall–Kier alpha value is -3.60. The quantitative estimate of drug-likeness (QED) is 0.275. The lowest BCUT2D eigenvalue weighted by Gasteiger charge is -2.19. The molecular formula is C31H37N3O2. The summed E-state index contributed by atoms with van der Waals surface area (Å²) in [7, 11) is 0. The Bertz CT molecular complexity index is 1320. The number of rotatable bonds is 9. The van der Waals surface area contributed by atoms with E-state index in [1.165, 1.54) is 5.56 Å². The van der Waals surface area contributed by atoms with E-state index in [9.17, 15) is 4.79 Å². The van der Waals surface area contributed by atoms with E-state index < -0.39 is 0 Å². The van der Waals surface area contributed by atoms with Crippen LogP contribution in [0.3, 0.4) is 0 Å². The Kier molecular flexibility index (Phi) is 7.78. The molecule has 0 bridgehead atoms. The molecule has 0 saturated heterocycles. The third-order valence-electron chi connectivity index (χ3n) is 6.58.